The number of rotatable bonds is 5. The van der Waals surface area contributed by atoms with Crippen LogP contribution in [-0.2, 0) is 0 Å². The Bertz CT molecular complexity index is 983. The van der Waals surface area contributed by atoms with E-state index in [0.29, 0.717) is 22.4 Å². The molecule has 6 nitrogen and oxygen atoms in total. The highest BCUT2D eigenvalue weighted by Gasteiger charge is 2.13. The molecule has 0 fully saturated rings. The predicted octanol–water partition coefficient (Wildman–Crippen LogP) is 3.33. The van der Waals surface area contributed by atoms with Crippen LogP contribution in [0.5, 0.6) is 17.2 Å². The van der Waals surface area contributed by atoms with Crippen LogP contribution < -0.4 is 14.9 Å². The van der Waals surface area contributed by atoms with Crippen LogP contribution in [-0.4, -0.2) is 31.4 Å². The number of aromatic hydroxyl groups is 1. The summed E-state index contributed by atoms with van der Waals surface area (Å²) >= 11 is 0. The molecule has 0 aliphatic carbocycles. The third-order valence-electron chi connectivity index (χ3n) is 3.95. The molecule has 132 valence electrons. The molecule has 3 aromatic rings. The molecule has 6 heteroatoms. The molecule has 0 heterocycles. The summed E-state index contributed by atoms with van der Waals surface area (Å²) in [6.07, 6.45) is 1.46. The monoisotopic (exact) mass is 350 g/mol. The third-order valence-corrected chi connectivity index (χ3v) is 3.95. The van der Waals surface area contributed by atoms with Crippen LogP contribution in [0.25, 0.3) is 10.8 Å². The number of hydrogen-bond donors (Lipinski definition) is 2. The van der Waals surface area contributed by atoms with E-state index < -0.39 is 5.91 Å². The maximum Gasteiger partial charge on any atom is 0.275 e. The van der Waals surface area contributed by atoms with Gasteiger partial charge >= 0.3 is 0 Å². The van der Waals surface area contributed by atoms with Crippen molar-refractivity contribution in [3.05, 3.63) is 65.7 Å². The summed E-state index contributed by atoms with van der Waals surface area (Å²) in [5, 5.41) is 15.8. The fraction of sp³-hybridized carbons (Fsp3) is 0.100. The van der Waals surface area contributed by atoms with E-state index in [1.54, 1.807) is 56.7 Å². The van der Waals surface area contributed by atoms with Gasteiger partial charge in [0.15, 0.2) is 0 Å². The minimum absolute atomic E-state index is 0.0743. The van der Waals surface area contributed by atoms with Crippen molar-refractivity contribution < 1.29 is 19.4 Å². The van der Waals surface area contributed by atoms with Crippen molar-refractivity contribution in [1.82, 2.24) is 5.43 Å². The lowest BCUT2D eigenvalue weighted by Crippen LogP contribution is -2.17. The summed E-state index contributed by atoms with van der Waals surface area (Å²) in [5.74, 6) is 0.657. The second-order valence-electron chi connectivity index (χ2n) is 5.49. The van der Waals surface area contributed by atoms with Gasteiger partial charge in [0.2, 0.25) is 0 Å². The van der Waals surface area contributed by atoms with Gasteiger partial charge < -0.3 is 14.6 Å². The summed E-state index contributed by atoms with van der Waals surface area (Å²) in [6.45, 7) is 0. The van der Waals surface area contributed by atoms with E-state index in [4.69, 9.17) is 9.47 Å². The van der Waals surface area contributed by atoms with Crippen molar-refractivity contribution in [2.24, 2.45) is 5.10 Å². The minimum atomic E-state index is -0.508. The van der Waals surface area contributed by atoms with Gasteiger partial charge in [0, 0.05) is 10.9 Å². The third kappa shape index (κ3) is 3.44. The number of methoxy groups -OCH3 is 2. The molecule has 2 N–H and O–H groups in total. The zero-order valence-corrected chi connectivity index (χ0v) is 14.4. The summed E-state index contributed by atoms with van der Waals surface area (Å²) in [4.78, 5) is 12.3. The van der Waals surface area contributed by atoms with Crippen LogP contribution in [0.4, 0.5) is 0 Å². The smallest absolute Gasteiger partial charge is 0.275 e. The van der Waals surface area contributed by atoms with Crippen LogP contribution >= 0.6 is 0 Å². The Morgan fingerprint density at radius 3 is 2.65 bits per heavy atom. The van der Waals surface area contributed by atoms with E-state index in [9.17, 15) is 9.90 Å². The first kappa shape index (κ1) is 17.3. The zero-order chi connectivity index (χ0) is 18.5. The van der Waals surface area contributed by atoms with Gasteiger partial charge in [0.05, 0.1) is 26.0 Å². The molecule has 0 atom stereocenters. The molecular formula is C20H18N2O4. The van der Waals surface area contributed by atoms with Gasteiger partial charge in [0.25, 0.3) is 5.91 Å². The van der Waals surface area contributed by atoms with Gasteiger partial charge in [-0.05, 0) is 29.7 Å². The minimum Gasteiger partial charge on any atom is -0.506 e. The number of carbonyl (C=O) groups excluding carboxylic acids is 1. The first-order chi connectivity index (χ1) is 12.6. The van der Waals surface area contributed by atoms with E-state index >= 15 is 0 Å². The zero-order valence-electron chi connectivity index (χ0n) is 14.4. The molecular weight excluding hydrogens is 332 g/mol. The van der Waals surface area contributed by atoms with Crippen LogP contribution in [0.2, 0.25) is 0 Å². The number of phenols is 1. The number of nitrogens with zero attached hydrogens (tertiary/aromatic N) is 1. The van der Waals surface area contributed by atoms with Gasteiger partial charge in [-0.2, -0.15) is 5.10 Å². The Morgan fingerprint density at radius 2 is 1.88 bits per heavy atom. The highest BCUT2D eigenvalue weighted by atomic mass is 16.5. The van der Waals surface area contributed by atoms with Crippen molar-refractivity contribution in [2.75, 3.05) is 14.2 Å². The largest absolute Gasteiger partial charge is 0.506 e. The Morgan fingerprint density at radius 1 is 1.08 bits per heavy atom. The van der Waals surface area contributed by atoms with E-state index in [0.717, 1.165) is 5.39 Å². The quantitative estimate of drug-likeness (QED) is 0.546. The average Bonchev–Trinajstić information content (AvgIpc) is 2.68. The van der Waals surface area contributed by atoms with Gasteiger partial charge in [-0.15, -0.1) is 0 Å². The number of carbonyl (C=O) groups is 1. The van der Waals surface area contributed by atoms with Crippen molar-refractivity contribution in [3.63, 3.8) is 0 Å². The summed E-state index contributed by atoms with van der Waals surface area (Å²) < 4.78 is 10.4. The fourth-order valence-corrected chi connectivity index (χ4v) is 2.60. The van der Waals surface area contributed by atoms with E-state index in [1.165, 1.54) is 6.21 Å². The summed E-state index contributed by atoms with van der Waals surface area (Å²) in [7, 11) is 3.11. The number of phenolic OH excluding ortho intramolecular Hbond substituents is 1. The topological polar surface area (TPSA) is 80.2 Å². The lowest BCUT2D eigenvalue weighted by Gasteiger charge is -2.08. The first-order valence-corrected chi connectivity index (χ1v) is 7.90. The highest BCUT2D eigenvalue weighted by Crippen LogP contribution is 2.28. The van der Waals surface area contributed by atoms with Crippen molar-refractivity contribution in [3.8, 4) is 17.2 Å². The SMILES string of the molecule is COc1ccc(OC)c(/C=N/NC(=O)c2ccc3ccccc3c2O)c1. The standard InChI is InChI=1S/C20H18N2O4/c1-25-15-8-10-18(26-2)14(11-15)12-21-22-20(24)17-9-7-13-5-3-4-6-16(13)19(17)23/h3-12,23H,1-2H3,(H,22,24)/b21-12+. The molecule has 1 amide bonds. The molecule has 0 aliphatic rings. The maximum atomic E-state index is 12.3. The number of ether oxygens (including phenoxy) is 2. The summed E-state index contributed by atoms with van der Waals surface area (Å²) in [5.41, 5.74) is 3.22. The molecule has 3 rings (SSSR count). The molecule has 0 bridgehead atoms. The molecule has 0 radical (unpaired) electrons. The lowest BCUT2D eigenvalue weighted by atomic mass is 10.1. The van der Waals surface area contributed by atoms with Crippen LogP contribution in [0.3, 0.4) is 0 Å². The second kappa shape index (κ2) is 7.57. The molecule has 26 heavy (non-hydrogen) atoms. The maximum absolute atomic E-state index is 12.3. The normalized spacial score (nSPS) is 10.8. The molecule has 0 saturated heterocycles. The Kier molecular flexibility index (Phi) is 5.03. The first-order valence-electron chi connectivity index (χ1n) is 7.90. The number of nitrogens with one attached hydrogen (secondary N) is 1. The van der Waals surface area contributed by atoms with Crippen molar-refractivity contribution >= 4 is 22.9 Å². The van der Waals surface area contributed by atoms with Crippen LogP contribution in [0, 0.1) is 0 Å². The predicted molar refractivity (Wildman–Crippen MR) is 100 cm³/mol. The molecule has 0 spiro atoms. The van der Waals surface area contributed by atoms with E-state index in [2.05, 4.69) is 10.5 Å². The second-order valence-corrected chi connectivity index (χ2v) is 5.49. The Hall–Kier alpha value is -3.54. The number of amides is 1. The lowest BCUT2D eigenvalue weighted by molar-refractivity contribution is 0.0952. The summed E-state index contributed by atoms with van der Waals surface area (Å²) in [6, 6.07) is 15.9. The molecule has 0 aromatic heterocycles. The van der Waals surface area contributed by atoms with Crippen LogP contribution in [0.15, 0.2) is 59.7 Å². The molecule has 0 aliphatic heterocycles. The average molecular weight is 350 g/mol. The number of hydrazone groups is 1. The van der Waals surface area contributed by atoms with Crippen molar-refractivity contribution in [2.45, 2.75) is 0 Å². The van der Waals surface area contributed by atoms with E-state index in [-0.39, 0.29) is 11.3 Å². The van der Waals surface area contributed by atoms with Crippen molar-refractivity contribution in [1.29, 1.82) is 0 Å². The van der Waals surface area contributed by atoms with E-state index in [1.807, 2.05) is 12.1 Å². The number of hydrogen-bond acceptors (Lipinski definition) is 5. The van der Waals surface area contributed by atoms with Gasteiger partial charge in [-0.3, -0.25) is 4.79 Å². The van der Waals surface area contributed by atoms with Gasteiger partial charge in [-0.1, -0.05) is 30.3 Å². The molecule has 0 unspecified atom stereocenters. The molecule has 0 saturated carbocycles. The number of fused-ring (bicyclic) bond motifs is 1. The van der Waals surface area contributed by atoms with Gasteiger partial charge in [-0.25, -0.2) is 5.43 Å². The van der Waals surface area contributed by atoms with Crippen LogP contribution in [0.1, 0.15) is 15.9 Å². The van der Waals surface area contributed by atoms with Gasteiger partial charge in [0.1, 0.15) is 17.2 Å². The Balaban J connectivity index is 1.81. The Labute approximate surface area is 150 Å². The molecule has 3 aromatic carbocycles. The fourth-order valence-electron chi connectivity index (χ4n) is 2.60. The highest BCUT2D eigenvalue weighted by molar-refractivity contribution is 6.03. The number of benzene rings is 3.